The Hall–Kier alpha value is -1.36. The fraction of sp³-hybridized carbons (Fsp3) is 0.750. The lowest BCUT2D eigenvalue weighted by atomic mass is 10.1. The van der Waals surface area contributed by atoms with Gasteiger partial charge in [0.1, 0.15) is 12.1 Å². The number of rotatable bonds is 7. The number of nitrogens with zero attached hydrogens (tertiary/aromatic N) is 3. The van der Waals surface area contributed by atoms with Gasteiger partial charge in [-0.05, 0) is 32.7 Å². The zero-order valence-corrected chi connectivity index (χ0v) is 13.1. The highest BCUT2D eigenvalue weighted by Gasteiger charge is 2.21. The first kappa shape index (κ1) is 16.0. The lowest BCUT2D eigenvalue weighted by Crippen LogP contribution is -2.37. The van der Waals surface area contributed by atoms with Crippen molar-refractivity contribution < 1.29 is 4.74 Å². The average Bonchev–Trinajstić information content (AvgIpc) is 2.78. The topological polar surface area (TPSA) is 64.3 Å². The molecular weight excluding hydrogens is 264 g/mol. The molecule has 5 heteroatoms. The Morgan fingerprint density at radius 3 is 2.67 bits per heavy atom. The molecule has 0 spiro atoms. The Morgan fingerprint density at radius 2 is 2.00 bits per heavy atom. The summed E-state index contributed by atoms with van der Waals surface area (Å²) in [7, 11) is 0. The minimum atomic E-state index is 0.573. The summed E-state index contributed by atoms with van der Waals surface area (Å²) in [5.41, 5.74) is 5.71. The Bertz CT molecular complexity index is 405. The van der Waals surface area contributed by atoms with E-state index in [1.807, 2.05) is 13.0 Å². The third-order valence-electron chi connectivity index (χ3n) is 4.08. The largest absolute Gasteiger partial charge is 0.478 e. The first-order valence-corrected chi connectivity index (χ1v) is 8.26. The third kappa shape index (κ3) is 4.84. The summed E-state index contributed by atoms with van der Waals surface area (Å²) < 4.78 is 5.51. The predicted molar refractivity (Wildman–Crippen MR) is 85.7 cm³/mol. The molecule has 118 valence electrons. The summed E-state index contributed by atoms with van der Waals surface area (Å²) in [5.74, 6) is 1.64. The fourth-order valence-electron chi connectivity index (χ4n) is 3.03. The maximum absolute atomic E-state index is 5.71. The summed E-state index contributed by atoms with van der Waals surface area (Å²) in [6.45, 7) is 4.28. The van der Waals surface area contributed by atoms with Crippen LogP contribution in [-0.2, 0) is 0 Å². The maximum atomic E-state index is 5.71. The molecule has 1 aliphatic rings. The van der Waals surface area contributed by atoms with Gasteiger partial charge in [-0.25, -0.2) is 9.97 Å². The average molecular weight is 292 g/mol. The molecule has 2 rings (SSSR count). The molecule has 1 aromatic heterocycles. The monoisotopic (exact) mass is 292 g/mol. The molecule has 1 heterocycles. The van der Waals surface area contributed by atoms with E-state index in [9.17, 15) is 0 Å². The van der Waals surface area contributed by atoms with Crippen LogP contribution in [0.1, 0.15) is 51.9 Å². The van der Waals surface area contributed by atoms with E-state index in [1.165, 1.54) is 38.5 Å². The molecule has 0 unspecified atom stereocenters. The van der Waals surface area contributed by atoms with E-state index in [4.69, 9.17) is 10.5 Å². The summed E-state index contributed by atoms with van der Waals surface area (Å²) in [6, 6.07) is 2.54. The van der Waals surface area contributed by atoms with Crippen LogP contribution in [0.3, 0.4) is 0 Å². The quantitative estimate of drug-likeness (QED) is 0.783. The lowest BCUT2D eigenvalue weighted by molar-refractivity contribution is 0.326. The molecule has 0 bridgehead atoms. The zero-order chi connectivity index (χ0) is 14.9. The van der Waals surface area contributed by atoms with E-state index >= 15 is 0 Å². The van der Waals surface area contributed by atoms with Gasteiger partial charge in [0.15, 0.2) is 0 Å². The molecule has 5 nitrogen and oxygen atoms in total. The first-order chi connectivity index (χ1) is 10.3. The highest BCUT2D eigenvalue weighted by molar-refractivity contribution is 5.42. The van der Waals surface area contributed by atoms with Crippen LogP contribution in [0.25, 0.3) is 0 Å². The van der Waals surface area contributed by atoms with Crippen molar-refractivity contribution in [3.63, 3.8) is 0 Å². The van der Waals surface area contributed by atoms with E-state index in [1.54, 1.807) is 6.33 Å². The van der Waals surface area contributed by atoms with Crippen LogP contribution in [0.15, 0.2) is 12.4 Å². The molecule has 21 heavy (non-hydrogen) atoms. The van der Waals surface area contributed by atoms with Crippen molar-refractivity contribution in [2.75, 3.05) is 24.6 Å². The second-order valence-electron chi connectivity index (χ2n) is 5.63. The molecular formula is C16H28N4O. The normalized spacial score (nSPS) is 16.5. The van der Waals surface area contributed by atoms with Gasteiger partial charge in [0.2, 0.25) is 5.88 Å². The summed E-state index contributed by atoms with van der Waals surface area (Å²) in [6.07, 6.45) is 10.4. The van der Waals surface area contributed by atoms with Crippen molar-refractivity contribution in [2.24, 2.45) is 5.73 Å². The standard InChI is InChI=1S/C16H28N4O/c1-2-21-16-12-15(18-13-19-16)20(11-7-10-17)14-8-5-3-4-6-9-14/h12-14H,2-11,17H2,1H3. The Kier molecular flexibility index (Phi) is 6.73. The summed E-state index contributed by atoms with van der Waals surface area (Å²) in [5, 5.41) is 0. The molecule has 0 radical (unpaired) electrons. The number of hydrogen-bond acceptors (Lipinski definition) is 5. The van der Waals surface area contributed by atoms with Gasteiger partial charge >= 0.3 is 0 Å². The second-order valence-corrected chi connectivity index (χ2v) is 5.63. The van der Waals surface area contributed by atoms with E-state index < -0.39 is 0 Å². The molecule has 0 atom stereocenters. The smallest absolute Gasteiger partial charge is 0.218 e. The van der Waals surface area contributed by atoms with Crippen molar-refractivity contribution in [1.82, 2.24) is 9.97 Å². The number of ether oxygens (including phenoxy) is 1. The molecule has 1 aromatic rings. The van der Waals surface area contributed by atoms with Crippen LogP contribution in [0.5, 0.6) is 5.88 Å². The minimum absolute atomic E-state index is 0.573. The maximum Gasteiger partial charge on any atom is 0.218 e. The molecule has 1 saturated carbocycles. The molecule has 0 saturated heterocycles. The van der Waals surface area contributed by atoms with Gasteiger partial charge in [-0.3, -0.25) is 0 Å². The van der Waals surface area contributed by atoms with E-state index in [0.29, 0.717) is 25.1 Å². The highest BCUT2D eigenvalue weighted by Crippen LogP contribution is 2.26. The van der Waals surface area contributed by atoms with Crippen LogP contribution >= 0.6 is 0 Å². The van der Waals surface area contributed by atoms with Gasteiger partial charge in [-0.1, -0.05) is 25.7 Å². The molecule has 0 aliphatic heterocycles. The van der Waals surface area contributed by atoms with Crippen LogP contribution in [0.2, 0.25) is 0 Å². The van der Waals surface area contributed by atoms with E-state index in [0.717, 1.165) is 18.8 Å². The van der Waals surface area contributed by atoms with Crippen molar-refractivity contribution in [3.8, 4) is 5.88 Å². The van der Waals surface area contributed by atoms with Gasteiger partial charge in [-0.2, -0.15) is 0 Å². The number of anilines is 1. The van der Waals surface area contributed by atoms with Gasteiger partial charge in [-0.15, -0.1) is 0 Å². The van der Waals surface area contributed by atoms with Crippen molar-refractivity contribution in [1.29, 1.82) is 0 Å². The van der Waals surface area contributed by atoms with Crippen molar-refractivity contribution in [2.45, 2.75) is 57.9 Å². The minimum Gasteiger partial charge on any atom is -0.478 e. The van der Waals surface area contributed by atoms with E-state index in [-0.39, 0.29) is 0 Å². The fourth-order valence-corrected chi connectivity index (χ4v) is 3.03. The molecule has 0 amide bonds. The van der Waals surface area contributed by atoms with Gasteiger partial charge in [0.25, 0.3) is 0 Å². The Balaban J connectivity index is 2.15. The molecule has 0 aromatic carbocycles. The zero-order valence-electron chi connectivity index (χ0n) is 13.1. The van der Waals surface area contributed by atoms with Crippen LogP contribution in [-0.4, -0.2) is 35.7 Å². The lowest BCUT2D eigenvalue weighted by Gasteiger charge is -2.32. The third-order valence-corrected chi connectivity index (χ3v) is 4.08. The van der Waals surface area contributed by atoms with E-state index in [2.05, 4.69) is 14.9 Å². The Labute approximate surface area is 127 Å². The summed E-state index contributed by atoms with van der Waals surface area (Å²) >= 11 is 0. The molecule has 1 aliphatic carbocycles. The molecule has 1 fully saturated rings. The summed E-state index contributed by atoms with van der Waals surface area (Å²) in [4.78, 5) is 11.1. The molecule has 2 N–H and O–H groups in total. The SMILES string of the molecule is CCOc1cc(N(CCCN)C2CCCCCC2)ncn1. The highest BCUT2D eigenvalue weighted by atomic mass is 16.5. The number of nitrogens with two attached hydrogens (primary N) is 1. The second kappa shape index (κ2) is 8.82. The van der Waals surface area contributed by atoms with Gasteiger partial charge in [0, 0.05) is 18.7 Å². The van der Waals surface area contributed by atoms with Crippen molar-refractivity contribution in [3.05, 3.63) is 12.4 Å². The van der Waals surface area contributed by atoms with Crippen LogP contribution in [0.4, 0.5) is 5.82 Å². The number of aromatic nitrogens is 2. The Morgan fingerprint density at radius 1 is 1.24 bits per heavy atom. The number of hydrogen-bond donors (Lipinski definition) is 1. The van der Waals surface area contributed by atoms with Crippen LogP contribution < -0.4 is 15.4 Å². The van der Waals surface area contributed by atoms with Gasteiger partial charge < -0.3 is 15.4 Å². The predicted octanol–water partition coefficient (Wildman–Crippen LogP) is 2.75. The van der Waals surface area contributed by atoms with Crippen molar-refractivity contribution >= 4 is 5.82 Å². The first-order valence-electron chi connectivity index (χ1n) is 8.26. The van der Waals surface area contributed by atoms with Gasteiger partial charge in [0.05, 0.1) is 6.61 Å². The van der Waals surface area contributed by atoms with Crippen LogP contribution in [0, 0.1) is 0 Å².